The Morgan fingerprint density at radius 2 is 2.18 bits per heavy atom. The van der Waals surface area contributed by atoms with Crippen LogP contribution in [-0.4, -0.2) is 35.1 Å². The monoisotopic (exact) mass is 371 g/mol. The van der Waals surface area contributed by atoms with Gasteiger partial charge < -0.3 is 20.7 Å². The van der Waals surface area contributed by atoms with Crippen LogP contribution in [0.1, 0.15) is 0 Å². The number of aliphatic hydroxyl groups is 2. The molecule has 0 aromatic heterocycles. The Kier molecular flexibility index (Phi) is 6.53. The fraction of sp³-hybridized carbons (Fsp3) is 0.667. The second-order valence-electron chi connectivity index (χ2n) is 2.20. The van der Waals surface area contributed by atoms with Crippen molar-refractivity contribution in [2.45, 2.75) is 18.2 Å². The summed E-state index contributed by atoms with van der Waals surface area (Å²) in [7, 11) is 0. The molecule has 4 nitrogen and oxygen atoms in total. The van der Waals surface area contributed by atoms with Crippen molar-refractivity contribution < 1.29 is 59.0 Å². The average Bonchev–Trinajstić information content (AvgIpc) is 1.95. The summed E-state index contributed by atoms with van der Waals surface area (Å²) in [6.07, 6.45) is 0.153. The molecule has 0 bridgehead atoms. The van der Waals surface area contributed by atoms with E-state index >= 15 is 0 Å². The third kappa shape index (κ3) is 3.67. The molecule has 3 atom stereocenters. The van der Waals surface area contributed by atoms with Crippen molar-refractivity contribution in [1.29, 1.82) is 0 Å². The van der Waals surface area contributed by atoms with Crippen LogP contribution in [-0.2, 0) is 4.74 Å². The van der Waals surface area contributed by atoms with Crippen molar-refractivity contribution in [2.75, 3.05) is 6.61 Å². The molecule has 0 aromatic rings. The Labute approximate surface area is 102 Å². The van der Waals surface area contributed by atoms with Gasteiger partial charge in [0.25, 0.3) is 0 Å². The molecule has 1 aliphatic rings. The molecule has 61 valence electrons. The molecule has 0 saturated carbocycles. The molecule has 3 N–H and O–H groups in total. The summed E-state index contributed by atoms with van der Waals surface area (Å²) >= 11 is 0. The Morgan fingerprint density at radius 3 is 2.64 bits per heavy atom. The van der Waals surface area contributed by atoms with Crippen LogP contribution < -0.4 is 0 Å². The molecule has 3 radical (unpaired) electrons. The first-order chi connectivity index (χ1) is 4.74. The standard InChI is InChI=1S/C6H10NO3.Ac/c7-5-3-10-4(2-8)1-6(5)9;/h1,3-9H,2H2;/q-1;. The van der Waals surface area contributed by atoms with Gasteiger partial charge in [0.2, 0.25) is 0 Å². The van der Waals surface area contributed by atoms with E-state index in [0.717, 1.165) is 0 Å². The normalized spacial score (nSPS) is 37.9. The smallest absolute Gasteiger partial charge is 0.0866 e. The quantitative estimate of drug-likeness (QED) is 0.655. The van der Waals surface area contributed by atoms with Crippen LogP contribution in [0, 0.1) is 57.1 Å². The van der Waals surface area contributed by atoms with Gasteiger partial charge in [0.05, 0.1) is 19.3 Å². The Bertz CT molecular complexity index is 114. The molecule has 5 heteroatoms. The van der Waals surface area contributed by atoms with Gasteiger partial charge in [-0.2, -0.15) is 0 Å². The Morgan fingerprint density at radius 1 is 1.55 bits per heavy atom. The van der Waals surface area contributed by atoms with Crippen molar-refractivity contribution in [3.63, 3.8) is 0 Å². The van der Waals surface area contributed by atoms with E-state index in [9.17, 15) is 0 Å². The summed E-state index contributed by atoms with van der Waals surface area (Å²) in [5.74, 6) is 0. The van der Waals surface area contributed by atoms with Crippen LogP contribution in [0.2, 0.25) is 0 Å². The van der Waals surface area contributed by atoms with Crippen LogP contribution in [0.5, 0.6) is 0 Å². The second-order valence-corrected chi connectivity index (χ2v) is 2.20. The van der Waals surface area contributed by atoms with Crippen molar-refractivity contribution in [2.24, 2.45) is 0 Å². The maximum absolute atomic E-state index is 9.01. The molecule has 1 saturated heterocycles. The van der Waals surface area contributed by atoms with E-state index in [1.165, 1.54) is 13.0 Å². The molecular weight excluding hydrogens is 361 g/mol. The molecule has 0 aliphatic carbocycles. The van der Waals surface area contributed by atoms with Gasteiger partial charge in [-0.15, -0.1) is 0 Å². The molecule has 1 aliphatic heterocycles. The van der Waals surface area contributed by atoms with Crippen LogP contribution in [0.3, 0.4) is 0 Å². The van der Waals surface area contributed by atoms with E-state index in [2.05, 4.69) is 0 Å². The minimum Gasteiger partial charge on any atom is -0.670 e. The SMILES string of the molecule is [Ac].[NH-]C1[CH]OC(CO)[CH]C1O. The van der Waals surface area contributed by atoms with Gasteiger partial charge in [-0.3, -0.25) is 0 Å². The van der Waals surface area contributed by atoms with E-state index < -0.39 is 18.2 Å². The zero-order chi connectivity index (χ0) is 7.56. The number of hydrogen-bond acceptors (Lipinski definition) is 3. The van der Waals surface area contributed by atoms with Crippen LogP contribution in [0.4, 0.5) is 0 Å². The largest absolute Gasteiger partial charge is 0.670 e. The van der Waals surface area contributed by atoms with E-state index in [1.807, 2.05) is 0 Å². The third-order valence-electron chi connectivity index (χ3n) is 1.36. The third-order valence-corrected chi connectivity index (χ3v) is 1.36. The van der Waals surface area contributed by atoms with Gasteiger partial charge in [-0.05, 0) is 0 Å². The molecule has 1 fully saturated rings. The van der Waals surface area contributed by atoms with Gasteiger partial charge in [-0.1, -0.05) is 6.04 Å². The summed E-state index contributed by atoms with van der Waals surface area (Å²) in [5, 5.41) is 17.6. The molecule has 11 heavy (non-hydrogen) atoms. The minimum atomic E-state index is -0.814. The van der Waals surface area contributed by atoms with Crippen LogP contribution in [0.25, 0.3) is 5.73 Å². The molecule has 3 unspecified atom stereocenters. The van der Waals surface area contributed by atoms with Gasteiger partial charge in [0, 0.05) is 56.6 Å². The fourth-order valence-electron chi connectivity index (χ4n) is 0.755. The summed E-state index contributed by atoms with van der Waals surface area (Å²) in [4.78, 5) is 0. The summed E-state index contributed by atoms with van der Waals surface area (Å²) in [6.45, 7) is 1.08. The Hall–Kier alpha value is 1.28. The average molecular weight is 371 g/mol. The molecule has 0 aromatic carbocycles. The van der Waals surface area contributed by atoms with Crippen LogP contribution in [0.15, 0.2) is 0 Å². The van der Waals surface area contributed by atoms with E-state index in [4.69, 9.17) is 20.7 Å². The fourth-order valence-corrected chi connectivity index (χ4v) is 0.755. The summed E-state index contributed by atoms with van der Waals surface area (Å²) in [5.41, 5.74) is 7.10. The van der Waals surface area contributed by atoms with Crippen molar-refractivity contribution in [1.82, 2.24) is 0 Å². The van der Waals surface area contributed by atoms with Gasteiger partial charge in [0.1, 0.15) is 0 Å². The van der Waals surface area contributed by atoms with E-state index in [0.29, 0.717) is 0 Å². The number of aliphatic hydroxyl groups excluding tert-OH is 2. The zero-order valence-corrected chi connectivity index (χ0v) is 10.7. The first kappa shape index (κ1) is 12.3. The van der Waals surface area contributed by atoms with Crippen molar-refractivity contribution in [3.8, 4) is 0 Å². The number of nitrogens with one attached hydrogen (secondary N) is 1. The van der Waals surface area contributed by atoms with Crippen LogP contribution >= 0.6 is 0 Å². The maximum Gasteiger partial charge on any atom is 0.0866 e. The minimum absolute atomic E-state index is 0. The number of rotatable bonds is 1. The maximum atomic E-state index is 9.01. The van der Waals surface area contributed by atoms with Crippen molar-refractivity contribution >= 4 is 0 Å². The van der Waals surface area contributed by atoms with Gasteiger partial charge in [-0.25, -0.2) is 0 Å². The Balaban J connectivity index is 0.000001000. The number of ether oxygens (including phenoxy) is 1. The summed E-state index contributed by atoms with van der Waals surface area (Å²) in [6, 6.07) is -0.720. The first-order valence-corrected chi connectivity index (χ1v) is 3.08. The van der Waals surface area contributed by atoms with Gasteiger partial charge >= 0.3 is 0 Å². The first-order valence-electron chi connectivity index (χ1n) is 3.08. The molecule has 0 amide bonds. The topological polar surface area (TPSA) is 73.5 Å². The van der Waals surface area contributed by atoms with Crippen molar-refractivity contribution in [3.05, 3.63) is 18.8 Å². The molecular formula is C6H10AcNO3-. The number of hydrogen-bond donors (Lipinski definition) is 2. The molecule has 1 rings (SSSR count). The predicted molar refractivity (Wildman–Crippen MR) is 34.7 cm³/mol. The van der Waals surface area contributed by atoms with Gasteiger partial charge in [0.15, 0.2) is 0 Å². The molecule has 0 spiro atoms. The van der Waals surface area contributed by atoms with E-state index in [1.54, 1.807) is 0 Å². The molecule has 1 heterocycles. The predicted octanol–water partition coefficient (Wildman–Crippen LogP) is -0.475. The zero-order valence-electron chi connectivity index (χ0n) is 5.97. The second kappa shape index (κ2) is 5.85. The van der Waals surface area contributed by atoms with E-state index in [-0.39, 0.29) is 50.7 Å². The summed E-state index contributed by atoms with van der Waals surface area (Å²) < 4.78 is 4.83.